The van der Waals surface area contributed by atoms with Crippen LogP contribution in [0.2, 0.25) is 0 Å². The van der Waals surface area contributed by atoms with Crippen LogP contribution in [0.5, 0.6) is 0 Å². The molecule has 0 bridgehead atoms. The van der Waals surface area contributed by atoms with E-state index in [-0.39, 0.29) is 12.4 Å². The summed E-state index contributed by atoms with van der Waals surface area (Å²) in [5.74, 6) is -0.968. The summed E-state index contributed by atoms with van der Waals surface area (Å²) in [5, 5.41) is 0. The van der Waals surface area contributed by atoms with Crippen LogP contribution in [0.25, 0.3) is 0 Å². The summed E-state index contributed by atoms with van der Waals surface area (Å²) in [6, 6.07) is 0. The zero-order valence-electron chi connectivity index (χ0n) is 7.69. The van der Waals surface area contributed by atoms with Crippen molar-refractivity contribution in [1.29, 1.82) is 0 Å². The molecule has 0 saturated heterocycles. The highest BCUT2D eigenvalue weighted by Crippen LogP contribution is 2.52. The molecule has 0 aromatic heterocycles. The van der Waals surface area contributed by atoms with Crippen LogP contribution in [0.3, 0.4) is 0 Å². The molecule has 0 aromatic rings. The molecular formula is C6H18ClN2O2P. The molecule has 2 unspecified atom stereocenters. The molecule has 0 aliphatic carbocycles. The highest BCUT2D eigenvalue weighted by molar-refractivity contribution is 7.60. The lowest BCUT2D eigenvalue weighted by molar-refractivity contribution is 0.320. The Kier molecular flexibility index (Phi) is 7.38. The van der Waals surface area contributed by atoms with Crippen LogP contribution >= 0.6 is 19.8 Å². The molecule has 12 heavy (non-hydrogen) atoms. The predicted octanol–water partition coefficient (Wildman–Crippen LogP) is 1.33. The molecule has 0 fully saturated rings. The van der Waals surface area contributed by atoms with Crippen molar-refractivity contribution in [2.75, 3.05) is 6.61 Å². The summed E-state index contributed by atoms with van der Waals surface area (Å²) in [4.78, 5) is 0. The first-order valence-electron chi connectivity index (χ1n) is 3.70. The van der Waals surface area contributed by atoms with Gasteiger partial charge in [-0.05, 0) is 20.8 Å². The number of nitrogens with two attached hydrogens (primary N) is 2. The van der Waals surface area contributed by atoms with Crippen molar-refractivity contribution < 1.29 is 9.09 Å². The van der Waals surface area contributed by atoms with E-state index in [1.807, 2.05) is 0 Å². The van der Waals surface area contributed by atoms with E-state index in [9.17, 15) is 4.57 Å². The van der Waals surface area contributed by atoms with Gasteiger partial charge in [-0.3, -0.25) is 4.57 Å². The van der Waals surface area contributed by atoms with Gasteiger partial charge in [0, 0.05) is 0 Å². The first-order valence-corrected chi connectivity index (χ1v) is 5.46. The maximum Gasteiger partial charge on any atom is 0.234 e. The monoisotopic (exact) mass is 216 g/mol. The van der Waals surface area contributed by atoms with Crippen LogP contribution in [0.4, 0.5) is 0 Å². The summed E-state index contributed by atoms with van der Waals surface area (Å²) < 4.78 is 16.8. The average molecular weight is 217 g/mol. The zero-order valence-corrected chi connectivity index (χ0v) is 9.40. The molecule has 0 radical (unpaired) electrons. The second-order valence-corrected chi connectivity index (χ2v) is 5.72. The third-order valence-corrected chi connectivity index (χ3v) is 4.40. The molecule has 0 aromatic carbocycles. The summed E-state index contributed by atoms with van der Waals surface area (Å²) in [6.45, 7) is 5.47. The fourth-order valence-corrected chi connectivity index (χ4v) is 2.42. The zero-order chi connectivity index (χ0) is 9.07. The Morgan fingerprint density at radius 1 is 1.33 bits per heavy atom. The van der Waals surface area contributed by atoms with E-state index in [0.29, 0.717) is 6.61 Å². The molecule has 0 rings (SSSR count). The van der Waals surface area contributed by atoms with Crippen molar-refractivity contribution in [1.82, 2.24) is 0 Å². The van der Waals surface area contributed by atoms with Gasteiger partial charge in [-0.1, -0.05) is 0 Å². The lowest BCUT2D eigenvalue weighted by Gasteiger charge is -2.24. The summed E-state index contributed by atoms with van der Waals surface area (Å²) >= 11 is 0. The van der Waals surface area contributed by atoms with Crippen molar-refractivity contribution in [3.8, 4) is 0 Å². The van der Waals surface area contributed by atoms with Crippen LogP contribution in [-0.4, -0.2) is 18.2 Å². The summed E-state index contributed by atoms with van der Waals surface area (Å²) in [6.07, 6.45) is 0. The first-order chi connectivity index (χ1) is 4.95. The van der Waals surface area contributed by atoms with Crippen molar-refractivity contribution in [2.45, 2.75) is 32.3 Å². The fraction of sp³-hybridized carbons (Fsp3) is 1.00. The number of halogens is 1. The molecule has 6 heteroatoms. The molecule has 0 heterocycles. The lowest BCUT2D eigenvalue weighted by Crippen LogP contribution is -2.28. The van der Waals surface area contributed by atoms with Crippen LogP contribution in [0, 0.1) is 0 Å². The first kappa shape index (κ1) is 14.9. The molecule has 4 nitrogen and oxygen atoms in total. The van der Waals surface area contributed by atoms with Crippen LogP contribution in [-0.2, 0) is 9.09 Å². The van der Waals surface area contributed by atoms with Crippen LogP contribution in [0.15, 0.2) is 0 Å². The van der Waals surface area contributed by atoms with E-state index in [1.54, 1.807) is 20.8 Å². The second-order valence-electron chi connectivity index (χ2n) is 2.54. The summed E-state index contributed by atoms with van der Waals surface area (Å²) in [7, 11) is -2.81. The summed E-state index contributed by atoms with van der Waals surface area (Å²) in [5.41, 5.74) is 11.0. The maximum absolute atomic E-state index is 11.7. The fourth-order valence-electron chi connectivity index (χ4n) is 0.808. The largest absolute Gasteiger partial charge is 0.327 e. The molecule has 0 saturated carbocycles. The Hall–Kier alpha value is 0.400. The molecule has 0 aliphatic heterocycles. The van der Waals surface area contributed by atoms with E-state index in [1.165, 1.54) is 0 Å². The van der Waals surface area contributed by atoms with Crippen LogP contribution in [0.1, 0.15) is 20.8 Å². The van der Waals surface area contributed by atoms with E-state index in [4.69, 9.17) is 16.0 Å². The predicted molar refractivity (Wildman–Crippen MR) is 53.8 cm³/mol. The number of rotatable bonds is 4. The van der Waals surface area contributed by atoms with E-state index < -0.39 is 18.9 Å². The van der Waals surface area contributed by atoms with Crippen molar-refractivity contribution >= 4 is 19.8 Å². The van der Waals surface area contributed by atoms with Crippen LogP contribution < -0.4 is 11.5 Å². The van der Waals surface area contributed by atoms with Crippen molar-refractivity contribution in [2.24, 2.45) is 11.5 Å². The minimum Gasteiger partial charge on any atom is -0.327 e. The smallest absolute Gasteiger partial charge is 0.234 e. The van der Waals surface area contributed by atoms with Crippen molar-refractivity contribution in [3.63, 3.8) is 0 Å². The second kappa shape index (κ2) is 5.95. The molecule has 2 atom stereocenters. The quantitative estimate of drug-likeness (QED) is 0.695. The minimum absolute atomic E-state index is 0. The van der Waals surface area contributed by atoms with E-state index in [2.05, 4.69) is 0 Å². The van der Waals surface area contributed by atoms with Gasteiger partial charge >= 0.3 is 0 Å². The van der Waals surface area contributed by atoms with Gasteiger partial charge in [0.25, 0.3) is 0 Å². The molecule has 76 valence electrons. The topological polar surface area (TPSA) is 78.3 Å². The average Bonchev–Trinajstić information content (AvgIpc) is 1.87. The molecular weight excluding hydrogens is 199 g/mol. The van der Waals surface area contributed by atoms with Gasteiger partial charge in [0.2, 0.25) is 7.37 Å². The lowest BCUT2D eigenvalue weighted by atomic mass is 10.8. The standard InChI is InChI=1S/C6H17N2O2P.ClH/c1-4-10-11(9,5(2)7)6(3)8;/h5-6H,4,7-8H2,1-3H3;1H. The Bertz CT molecular complexity index is 152. The van der Waals surface area contributed by atoms with Gasteiger partial charge < -0.3 is 16.0 Å². The Morgan fingerprint density at radius 3 is 1.75 bits per heavy atom. The Balaban J connectivity index is 0. The van der Waals surface area contributed by atoms with Gasteiger partial charge in [-0.25, -0.2) is 0 Å². The van der Waals surface area contributed by atoms with Gasteiger partial charge in [0.1, 0.15) is 0 Å². The van der Waals surface area contributed by atoms with Gasteiger partial charge in [0.05, 0.1) is 18.2 Å². The highest BCUT2D eigenvalue weighted by Gasteiger charge is 2.31. The van der Waals surface area contributed by atoms with E-state index >= 15 is 0 Å². The normalized spacial score (nSPS) is 20.4. The molecule has 0 amide bonds. The molecule has 4 N–H and O–H groups in total. The van der Waals surface area contributed by atoms with Gasteiger partial charge in [-0.2, -0.15) is 0 Å². The third kappa shape index (κ3) is 3.42. The Labute approximate surface area is 79.9 Å². The van der Waals surface area contributed by atoms with Crippen molar-refractivity contribution in [3.05, 3.63) is 0 Å². The number of hydrogen-bond acceptors (Lipinski definition) is 4. The third-order valence-electron chi connectivity index (χ3n) is 1.47. The maximum atomic E-state index is 11.7. The van der Waals surface area contributed by atoms with Gasteiger partial charge in [-0.15, -0.1) is 12.4 Å². The molecule has 0 spiro atoms. The Morgan fingerprint density at radius 2 is 1.67 bits per heavy atom. The van der Waals surface area contributed by atoms with Gasteiger partial charge in [0.15, 0.2) is 0 Å². The molecule has 0 aliphatic rings. The SMILES string of the molecule is CCOP(=O)(C(C)N)C(C)N.Cl. The minimum atomic E-state index is -2.81. The van der Waals surface area contributed by atoms with E-state index in [0.717, 1.165) is 0 Å². The number of hydrogen-bond donors (Lipinski definition) is 2. The highest BCUT2D eigenvalue weighted by atomic mass is 35.5.